The van der Waals surface area contributed by atoms with Crippen LogP contribution in [-0.4, -0.2) is 60.0 Å². The highest BCUT2D eigenvalue weighted by Crippen LogP contribution is 1.78. The smallest absolute Gasteiger partial charge is 0.213 e. The lowest BCUT2D eigenvalue weighted by atomic mass is 11.0. The van der Waals surface area contributed by atoms with E-state index in [9.17, 15) is 0 Å². The van der Waals surface area contributed by atoms with Crippen LogP contribution in [0.5, 0.6) is 0 Å². The molecule has 0 atom stereocenters. The van der Waals surface area contributed by atoms with Gasteiger partial charge in [-0.3, -0.25) is 0 Å². The summed E-state index contributed by atoms with van der Waals surface area (Å²) in [5.74, 6) is 0. The van der Waals surface area contributed by atoms with Crippen molar-refractivity contribution in [2.45, 2.75) is 0 Å². The Morgan fingerprint density at radius 3 is 1.73 bits per heavy atom. The minimum Gasteiger partial charge on any atom is -0.431 e. The third kappa shape index (κ3) is 18.5. The third-order valence-corrected chi connectivity index (χ3v) is 2.56. The highest BCUT2D eigenvalue weighted by atomic mass is 32.1. The lowest BCUT2D eigenvalue weighted by molar-refractivity contribution is 0.307. The topological polar surface area (TPSA) is 207 Å². The van der Waals surface area contributed by atoms with E-state index in [0.29, 0.717) is 0 Å². The molecule has 0 bridgehead atoms. The Hall–Kier alpha value is -4.32. The van der Waals surface area contributed by atoms with Crippen LogP contribution < -0.4 is 0 Å². The molecule has 6 aromatic rings. The van der Waals surface area contributed by atoms with Crippen molar-refractivity contribution in [3.05, 3.63) is 73.8 Å². The highest BCUT2D eigenvalue weighted by molar-refractivity contribution is 7.03. The fraction of sp³-hybridized carbons (Fsp3) is 0. The second-order valence-corrected chi connectivity index (χ2v) is 4.78. The number of hydrogen-bond acceptors (Lipinski definition) is 18. The fourth-order valence-corrected chi connectivity index (χ4v) is 1.36. The largest absolute Gasteiger partial charge is 0.431 e. The van der Waals surface area contributed by atoms with Crippen LogP contribution >= 0.6 is 23.1 Å². The van der Waals surface area contributed by atoms with Crippen molar-refractivity contribution in [1.29, 1.82) is 0 Å². The minimum absolute atomic E-state index is 1.26. The summed E-state index contributed by atoms with van der Waals surface area (Å²) in [6, 6.07) is 0. The summed E-state index contributed by atoms with van der Waals surface area (Å²) in [5.41, 5.74) is 1.68. The van der Waals surface area contributed by atoms with Crippen molar-refractivity contribution in [1.82, 2.24) is 60.0 Å². The molecule has 16 nitrogen and oxygen atoms in total. The van der Waals surface area contributed by atoms with Gasteiger partial charge in [0.1, 0.15) is 18.1 Å². The summed E-state index contributed by atoms with van der Waals surface area (Å²) in [6.45, 7) is 0. The molecule has 0 N–H and O–H groups in total. The van der Waals surface area contributed by atoms with Crippen molar-refractivity contribution in [2.75, 3.05) is 0 Å². The summed E-state index contributed by atoms with van der Waals surface area (Å²) in [7, 11) is 0. The molecule has 30 heavy (non-hydrogen) atoms. The van der Waals surface area contributed by atoms with Gasteiger partial charge in [0.15, 0.2) is 6.33 Å². The van der Waals surface area contributed by atoms with Crippen molar-refractivity contribution >= 4 is 23.1 Å². The Kier molecular flexibility index (Phi) is 16.6. The average molecular weight is 452 g/mol. The zero-order valence-electron chi connectivity index (χ0n) is 14.7. The maximum Gasteiger partial charge on any atom is 0.213 e. The van der Waals surface area contributed by atoms with E-state index in [0.717, 1.165) is 0 Å². The predicted molar refractivity (Wildman–Crippen MR) is 97.0 cm³/mol. The molecule has 0 saturated carbocycles. The molecule has 0 aliphatic rings. The van der Waals surface area contributed by atoms with Crippen LogP contribution in [0.4, 0.5) is 0 Å². The summed E-state index contributed by atoms with van der Waals surface area (Å²) in [6.07, 6.45) is 14.1. The van der Waals surface area contributed by atoms with Crippen molar-refractivity contribution in [3.8, 4) is 0 Å². The van der Waals surface area contributed by atoms with Crippen LogP contribution in [0.1, 0.15) is 0 Å². The molecular weight excluding hydrogens is 440 g/mol. The minimum atomic E-state index is 1.26. The summed E-state index contributed by atoms with van der Waals surface area (Å²) in [5, 5.41) is 28.0. The number of nitrogens with zero attached hydrogens (tertiary/aromatic N) is 12. The highest BCUT2D eigenvalue weighted by Gasteiger charge is 1.63. The molecule has 0 saturated heterocycles. The lowest BCUT2D eigenvalue weighted by Crippen LogP contribution is -1.53. The third-order valence-electron chi connectivity index (χ3n) is 1.70. The van der Waals surface area contributed by atoms with Crippen LogP contribution in [0.25, 0.3) is 0 Å². The van der Waals surface area contributed by atoms with Gasteiger partial charge in [-0.05, 0) is 23.1 Å². The molecule has 6 heterocycles. The molecule has 156 valence electrons. The molecule has 0 amide bonds. The standard InChI is InChI=1S/4C2H2N2O.2C2H2N2S/c1-3-4-2-5-1;1-3-2-5-4-1;1-2-5-4-3-1;1-2-4-5-3-1;1-3-2-5-4-1;1-2-5-4-3-1/h6*1-2H. The fourth-order valence-electron chi connectivity index (χ4n) is 0.816. The predicted octanol–water partition coefficient (Wildman–Crippen LogP) is 1.35. The van der Waals surface area contributed by atoms with E-state index in [1.807, 2.05) is 5.38 Å². The van der Waals surface area contributed by atoms with E-state index >= 15 is 0 Å². The molecule has 0 aliphatic carbocycles. The van der Waals surface area contributed by atoms with E-state index in [1.165, 1.54) is 79.8 Å². The molecule has 0 unspecified atom stereocenters. The molecule has 0 fully saturated rings. The Morgan fingerprint density at radius 1 is 0.667 bits per heavy atom. The molecule has 0 radical (unpaired) electrons. The SMILES string of the molecule is c1cnon1.c1conn1.c1csnn1.c1ncon1.c1ncsn1.c1nnco1. The van der Waals surface area contributed by atoms with Crippen LogP contribution in [-0.2, 0) is 0 Å². The summed E-state index contributed by atoms with van der Waals surface area (Å²) >= 11 is 2.70. The first-order valence-corrected chi connectivity index (χ1v) is 8.88. The van der Waals surface area contributed by atoms with Gasteiger partial charge in [0.25, 0.3) is 0 Å². The first-order valence-electron chi connectivity index (χ1n) is 7.21. The van der Waals surface area contributed by atoms with Gasteiger partial charge < -0.3 is 13.5 Å². The monoisotopic (exact) mass is 452 g/mol. The Balaban J connectivity index is 0.000000180. The van der Waals surface area contributed by atoms with Gasteiger partial charge in [0, 0.05) is 10.7 Å². The van der Waals surface area contributed by atoms with E-state index in [1.54, 1.807) is 11.7 Å². The van der Waals surface area contributed by atoms with Crippen molar-refractivity contribution in [2.24, 2.45) is 0 Å². The molecule has 0 aliphatic heterocycles. The maximum atomic E-state index is 4.36. The molecule has 0 spiro atoms. The normalized spacial score (nSPS) is 8.00. The quantitative estimate of drug-likeness (QED) is 0.318. The maximum absolute atomic E-state index is 4.36. The molecule has 0 aromatic carbocycles. The average Bonchev–Trinajstić information content (AvgIpc) is 3.69. The van der Waals surface area contributed by atoms with Gasteiger partial charge in [-0.1, -0.05) is 20.0 Å². The first kappa shape index (κ1) is 23.7. The summed E-state index contributed by atoms with van der Waals surface area (Å²) < 4.78 is 24.1. The van der Waals surface area contributed by atoms with E-state index < -0.39 is 0 Å². The van der Waals surface area contributed by atoms with Crippen LogP contribution in [0.15, 0.2) is 91.9 Å². The second kappa shape index (κ2) is 21.0. The summed E-state index contributed by atoms with van der Waals surface area (Å²) in [4.78, 5) is 7.07. The van der Waals surface area contributed by atoms with Crippen LogP contribution in [0.3, 0.4) is 0 Å². The van der Waals surface area contributed by atoms with Crippen LogP contribution in [0.2, 0.25) is 0 Å². The number of aromatic nitrogens is 12. The molecule has 6 rings (SSSR count). The number of hydrogen-bond donors (Lipinski definition) is 0. The Morgan fingerprint density at radius 2 is 1.53 bits per heavy atom. The Labute approximate surface area is 175 Å². The van der Waals surface area contributed by atoms with Gasteiger partial charge in [0.05, 0.1) is 24.8 Å². The number of rotatable bonds is 0. The van der Waals surface area contributed by atoms with Gasteiger partial charge in [-0.15, -0.1) is 20.4 Å². The first-order chi connectivity index (χ1) is 15.0. The van der Waals surface area contributed by atoms with Gasteiger partial charge in [0.2, 0.25) is 19.2 Å². The van der Waals surface area contributed by atoms with Gasteiger partial charge >= 0.3 is 0 Å². The van der Waals surface area contributed by atoms with Crippen molar-refractivity contribution < 1.29 is 18.1 Å². The zero-order valence-corrected chi connectivity index (χ0v) is 16.4. The van der Waals surface area contributed by atoms with E-state index in [4.69, 9.17) is 0 Å². The molecule has 18 heteroatoms. The van der Waals surface area contributed by atoms with Crippen LogP contribution in [0, 0.1) is 0 Å². The Bertz CT molecular complexity index is 594. The molecule has 6 aromatic heterocycles. The lowest BCUT2D eigenvalue weighted by Gasteiger charge is -1.45. The van der Waals surface area contributed by atoms with Crippen molar-refractivity contribution in [3.63, 3.8) is 0 Å². The van der Waals surface area contributed by atoms with Gasteiger partial charge in [-0.2, -0.15) is 4.37 Å². The van der Waals surface area contributed by atoms with E-state index in [-0.39, 0.29) is 0 Å². The molecular formula is C12H12N12O4S2. The second-order valence-electron chi connectivity index (χ2n) is 3.51. The van der Waals surface area contributed by atoms with E-state index in [2.05, 4.69) is 78.1 Å². The zero-order chi connectivity index (χ0) is 21.2. The van der Waals surface area contributed by atoms with Gasteiger partial charge in [-0.25, -0.2) is 14.6 Å².